The molecule has 1 unspecified atom stereocenters. The number of carboxylic acids is 1. The normalized spacial score (nSPS) is 11.6. The average molecular weight is 194 g/mol. The van der Waals surface area contributed by atoms with Crippen LogP contribution in [0.15, 0.2) is 0 Å². The first-order valence-corrected chi connectivity index (χ1v) is 4.71. The topological polar surface area (TPSA) is 110 Å². The number of nitrogens with two attached hydrogens (primary N) is 2. The van der Waals surface area contributed by atoms with Gasteiger partial charge in [-0.3, -0.25) is 4.79 Å². The number of carboxylic acid groups (broad SMARTS) is 1. The summed E-state index contributed by atoms with van der Waals surface area (Å²) in [4.78, 5) is 17.3. The van der Waals surface area contributed by atoms with Crippen LogP contribution in [0.2, 0.25) is 0 Å². The molecule has 0 aliphatic heterocycles. The number of unbranched alkanes of at least 4 members (excludes halogenated alkanes) is 1. The van der Waals surface area contributed by atoms with Gasteiger partial charge in [-0.1, -0.05) is 6.42 Å². The Bertz CT molecular complexity index is 113. The zero-order chi connectivity index (χ0) is 9.98. The largest absolute Gasteiger partial charge is 0.480 e. The van der Waals surface area contributed by atoms with Gasteiger partial charge in [0.2, 0.25) is 0 Å². The minimum absolute atomic E-state index is 0.306. The minimum atomic E-state index is -0.933. The molecule has 6 heteroatoms. The molecule has 0 radical (unpaired) electrons. The van der Waals surface area contributed by atoms with E-state index in [2.05, 4.69) is 0 Å². The molecule has 0 aromatic carbocycles. The molecule has 0 spiro atoms. The van der Waals surface area contributed by atoms with E-state index in [4.69, 9.17) is 21.4 Å². The summed E-state index contributed by atoms with van der Waals surface area (Å²) in [7, 11) is 0.306. The third kappa shape index (κ3) is 9.57. The first-order valence-electron chi connectivity index (χ1n) is 3.81. The van der Waals surface area contributed by atoms with Gasteiger partial charge in [0.05, 0.1) is 0 Å². The van der Waals surface area contributed by atoms with Crippen LogP contribution in [0.1, 0.15) is 19.3 Å². The van der Waals surface area contributed by atoms with E-state index in [0.717, 1.165) is 12.8 Å². The zero-order valence-corrected chi connectivity index (χ0v) is 9.36. The number of rotatable bonds is 5. The van der Waals surface area contributed by atoms with Crippen molar-refractivity contribution in [2.75, 3.05) is 6.54 Å². The molecular formula is C6H18N2O3Si. The molecular weight excluding hydrogens is 176 g/mol. The molecule has 5 nitrogen and oxygen atoms in total. The van der Waals surface area contributed by atoms with Crippen LogP contribution in [0, 0.1) is 0 Å². The van der Waals surface area contributed by atoms with Crippen LogP contribution >= 0.6 is 0 Å². The molecule has 0 saturated carbocycles. The highest BCUT2D eigenvalue weighted by Crippen LogP contribution is 1.96. The SMILES string of the molecule is NCCCCC(N)C(=O)O.O[SiH3]. The molecule has 0 amide bonds. The zero-order valence-electron chi connectivity index (χ0n) is 7.36. The molecule has 0 aromatic rings. The van der Waals surface area contributed by atoms with Crippen molar-refractivity contribution >= 4 is 16.5 Å². The summed E-state index contributed by atoms with van der Waals surface area (Å²) in [6.45, 7) is 0.604. The third-order valence-electron chi connectivity index (χ3n) is 1.29. The Kier molecular flexibility index (Phi) is 12.4. The molecule has 0 heterocycles. The maximum atomic E-state index is 10.1. The minimum Gasteiger partial charge on any atom is -0.480 e. The van der Waals surface area contributed by atoms with Crippen LogP contribution in [0.25, 0.3) is 0 Å². The standard InChI is InChI=1S/C6H14N2O2.H4OSi/c7-4-2-1-3-5(8)6(9)10;1-2/h5H,1-4,7-8H2,(H,9,10);1H,2H3. The smallest absolute Gasteiger partial charge is 0.320 e. The average Bonchev–Trinajstić information content (AvgIpc) is 2.08. The first-order chi connectivity index (χ1) is 5.68. The fourth-order valence-electron chi connectivity index (χ4n) is 0.632. The molecule has 0 bridgehead atoms. The number of hydrogen-bond acceptors (Lipinski definition) is 4. The quantitative estimate of drug-likeness (QED) is 0.293. The molecule has 0 aliphatic carbocycles. The second-order valence-corrected chi connectivity index (χ2v) is 2.23. The predicted octanol–water partition coefficient (Wildman–Crippen LogP) is -2.21. The summed E-state index contributed by atoms with van der Waals surface area (Å²) in [5.41, 5.74) is 10.4. The van der Waals surface area contributed by atoms with Crippen molar-refractivity contribution < 1.29 is 14.7 Å². The van der Waals surface area contributed by atoms with Crippen LogP contribution in [0.5, 0.6) is 0 Å². The van der Waals surface area contributed by atoms with E-state index in [0.29, 0.717) is 23.5 Å². The molecule has 74 valence electrons. The van der Waals surface area contributed by atoms with E-state index in [1.54, 1.807) is 0 Å². The van der Waals surface area contributed by atoms with Crippen molar-refractivity contribution in [3.8, 4) is 0 Å². The second kappa shape index (κ2) is 10.6. The number of hydrogen-bond donors (Lipinski definition) is 4. The van der Waals surface area contributed by atoms with Crippen LogP contribution in [-0.2, 0) is 4.79 Å². The lowest BCUT2D eigenvalue weighted by molar-refractivity contribution is -0.138. The van der Waals surface area contributed by atoms with Gasteiger partial charge in [0, 0.05) is 0 Å². The van der Waals surface area contributed by atoms with E-state index in [1.807, 2.05) is 0 Å². The summed E-state index contributed by atoms with van der Waals surface area (Å²) >= 11 is 0. The van der Waals surface area contributed by atoms with Crippen molar-refractivity contribution in [2.45, 2.75) is 25.3 Å². The van der Waals surface area contributed by atoms with E-state index < -0.39 is 12.0 Å². The van der Waals surface area contributed by atoms with Crippen LogP contribution in [0.4, 0.5) is 0 Å². The molecule has 0 aliphatic rings. The number of aliphatic carboxylic acids is 1. The summed E-state index contributed by atoms with van der Waals surface area (Å²) in [5.74, 6) is -0.933. The fourth-order valence-corrected chi connectivity index (χ4v) is 0.632. The second-order valence-electron chi connectivity index (χ2n) is 2.23. The van der Waals surface area contributed by atoms with Gasteiger partial charge in [0.1, 0.15) is 16.5 Å². The maximum Gasteiger partial charge on any atom is 0.320 e. The van der Waals surface area contributed by atoms with Gasteiger partial charge in [0.15, 0.2) is 0 Å². The van der Waals surface area contributed by atoms with Crippen LogP contribution in [0.3, 0.4) is 0 Å². The van der Waals surface area contributed by atoms with Crippen LogP contribution in [-0.4, -0.2) is 38.9 Å². The lowest BCUT2D eigenvalue weighted by Crippen LogP contribution is -2.29. The lowest BCUT2D eigenvalue weighted by atomic mass is 10.1. The Morgan fingerprint density at radius 3 is 2.25 bits per heavy atom. The molecule has 0 saturated heterocycles. The Hall–Kier alpha value is -0.433. The van der Waals surface area contributed by atoms with Gasteiger partial charge in [0.25, 0.3) is 0 Å². The molecule has 0 fully saturated rings. The summed E-state index contributed by atoms with van der Waals surface area (Å²) < 4.78 is 0. The van der Waals surface area contributed by atoms with E-state index >= 15 is 0 Å². The highest BCUT2D eigenvalue weighted by molar-refractivity contribution is 5.95. The lowest BCUT2D eigenvalue weighted by Gasteiger charge is -2.03. The third-order valence-corrected chi connectivity index (χ3v) is 1.29. The first kappa shape index (κ1) is 14.1. The monoisotopic (exact) mass is 194 g/mol. The van der Waals surface area contributed by atoms with Gasteiger partial charge in [-0.25, -0.2) is 0 Å². The van der Waals surface area contributed by atoms with Gasteiger partial charge < -0.3 is 21.4 Å². The van der Waals surface area contributed by atoms with Crippen molar-refractivity contribution in [3.63, 3.8) is 0 Å². The van der Waals surface area contributed by atoms with Gasteiger partial charge in [-0.15, -0.1) is 0 Å². The van der Waals surface area contributed by atoms with Crippen LogP contribution < -0.4 is 11.5 Å². The molecule has 1 atom stereocenters. The predicted molar refractivity (Wildman–Crippen MR) is 50.7 cm³/mol. The highest BCUT2D eigenvalue weighted by Gasteiger charge is 2.09. The Morgan fingerprint density at radius 1 is 1.42 bits per heavy atom. The van der Waals surface area contributed by atoms with E-state index in [-0.39, 0.29) is 0 Å². The van der Waals surface area contributed by atoms with E-state index in [9.17, 15) is 4.79 Å². The molecule has 0 rings (SSSR count). The highest BCUT2D eigenvalue weighted by atomic mass is 28.2. The van der Waals surface area contributed by atoms with Crippen molar-refractivity contribution in [3.05, 3.63) is 0 Å². The maximum absolute atomic E-state index is 10.1. The molecule has 12 heavy (non-hydrogen) atoms. The Morgan fingerprint density at radius 2 is 1.92 bits per heavy atom. The fraction of sp³-hybridized carbons (Fsp3) is 0.833. The van der Waals surface area contributed by atoms with Gasteiger partial charge in [-0.2, -0.15) is 0 Å². The van der Waals surface area contributed by atoms with Gasteiger partial charge in [-0.05, 0) is 19.4 Å². The molecule has 6 N–H and O–H groups in total. The Labute approximate surface area is 75.3 Å². The summed E-state index contributed by atoms with van der Waals surface area (Å²) in [5, 5.41) is 8.33. The van der Waals surface area contributed by atoms with Gasteiger partial charge >= 0.3 is 5.97 Å². The number of carbonyl (C=O) groups is 1. The summed E-state index contributed by atoms with van der Waals surface area (Å²) in [6.07, 6.45) is 2.16. The van der Waals surface area contributed by atoms with Crippen molar-refractivity contribution in [1.82, 2.24) is 0 Å². The summed E-state index contributed by atoms with van der Waals surface area (Å²) in [6, 6.07) is -0.716. The molecule has 0 aromatic heterocycles. The Balaban J connectivity index is 0. The van der Waals surface area contributed by atoms with Crippen molar-refractivity contribution in [2.24, 2.45) is 11.5 Å². The van der Waals surface area contributed by atoms with E-state index in [1.165, 1.54) is 0 Å². The van der Waals surface area contributed by atoms with Crippen molar-refractivity contribution in [1.29, 1.82) is 0 Å².